The van der Waals surface area contributed by atoms with Gasteiger partial charge in [-0.15, -0.1) is 0 Å². The predicted octanol–water partition coefficient (Wildman–Crippen LogP) is 2.46. The molecular formula is C22H24N4O3S. The van der Waals surface area contributed by atoms with Crippen molar-refractivity contribution >= 4 is 15.9 Å². The van der Waals surface area contributed by atoms with Crippen LogP contribution in [0.4, 0.5) is 0 Å². The van der Waals surface area contributed by atoms with Crippen LogP contribution in [0, 0.1) is 0 Å². The van der Waals surface area contributed by atoms with Gasteiger partial charge in [0.05, 0.1) is 18.4 Å². The van der Waals surface area contributed by atoms with Crippen LogP contribution in [0.5, 0.6) is 0 Å². The van der Waals surface area contributed by atoms with Gasteiger partial charge in [-0.05, 0) is 17.5 Å². The fourth-order valence-electron chi connectivity index (χ4n) is 3.83. The minimum absolute atomic E-state index is 0.00631. The van der Waals surface area contributed by atoms with Crippen molar-refractivity contribution in [2.45, 2.75) is 17.4 Å². The molecule has 0 spiro atoms. The highest BCUT2D eigenvalue weighted by atomic mass is 32.2. The average Bonchev–Trinajstić information content (AvgIpc) is 3.21. The van der Waals surface area contributed by atoms with Gasteiger partial charge in [0.1, 0.15) is 0 Å². The summed E-state index contributed by atoms with van der Waals surface area (Å²) in [4.78, 5) is 21.8. The molecule has 0 unspecified atom stereocenters. The number of benzene rings is 2. The number of amides is 1. The minimum atomic E-state index is -3.64. The van der Waals surface area contributed by atoms with Crippen molar-refractivity contribution in [1.82, 2.24) is 19.2 Å². The first kappa shape index (κ1) is 20.3. The molecule has 0 saturated carbocycles. The van der Waals surface area contributed by atoms with Crippen LogP contribution in [-0.2, 0) is 14.8 Å². The van der Waals surface area contributed by atoms with Crippen molar-refractivity contribution in [2.75, 3.05) is 26.2 Å². The van der Waals surface area contributed by atoms with Gasteiger partial charge in [-0.1, -0.05) is 60.7 Å². The third kappa shape index (κ3) is 4.15. The molecule has 3 aromatic rings. The highest BCUT2D eigenvalue weighted by molar-refractivity contribution is 7.89. The van der Waals surface area contributed by atoms with Crippen molar-refractivity contribution in [3.05, 3.63) is 84.3 Å². The second kappa shape index (κ2) is 8.81. The quantitative estimate of drug-likeness (QED) is 0.682. The number of aromatic nitrogens is 2. The molecule has 8 heteroatoms. The minimum Gasteiger partial charge on any atom is -0.341 e. The molecule has 0 radical (unpaired) electrons. The van der Waals surface area contributed by atoms with Gasteiger partial charge in [0.25, 0.3) is 10.0 Å². The molecule has 156 valence electrons. The molecule has 1 aliphatic heterocycles. The summed E-state index contributed by atoms with van der Waals surface area (Å²) in [5.74, 6) is -0.420. The highest BCUT2D eigenvalue weighted by Gasteiger charge is 2.32. The number of hydrogen-bond acceptors (Lipinski definition) is 4. The monoisotopic (exact) mass is 424 g/mol. The number of rotatable bonds is 5. The number of H-pyrrole nitrogens is 1. The molecule has 1 aromatic heterocycles. The van der Waals surface area contributed by atoms with Gasteiger partial charge < -0.3 is 9.88 Å². The second-order valence-corrected chi connectivity index (χ2v) is 9.16. The van der Waals surface area contributed by atoms with E-state index in [1.165, 1.54) is 16.8 Å². The zero-order chi connectivity index (χ0) is 21.0. The molecule has 7 nitrogen and oxygen atoms in total. The molecule has 4 rings (SSSR count). The summed E-state index contributed by atoms with van der Waals surface area (Å²) in [6.45, 7) is 1.49. The van der Waals surface area contributed by atoms with Gasteiger partial charge in [0.2, 0.25) is 5.91 Å². The Balaban J connectivity index is 1.56. The molecule has 2 heterocycles. The van der Waals surface area contributed by atoms with Gasteiger partial charge in [-0.25, -0.2) is 13.4 Å². The summed E-state index contributed by atoms with van der Waals surface area (Å²) in [6, 6.07) is 19.4. The lowest BCUT2D eigenvalue weighted by molar-refractivity contribution is -0.131. The first-order valence-electron chi connectivity index (χ1n) is 9.94. The van der Waals surface area contributed by atoms with Crippen LogP contribution >= 0.6 is 0 Å². The van der Waals surface area contributed by atoms with Crippen LogP contribution in [0.3, 0.4) is 0 Å². The Morgan fingerprint density at radius 1 is 0.900 bits per heavy atom. The molecule has 2 aromatic carbocycles. The molecule has 1 aliphatic rings. The summed E-state index contributed by atoms with van der Waals surface area (Å²) >= 11 is 0. The van der Waals surface area contributed by atoms with E-state index in [1.807, 2.05) is 60.7 Å². The standard InChI is InChI=1S/C22H24N4O3S/c27-22(21(18-8-3-1-4-9-18)19-10-5-2-6-11-19)25-12-7-13-26(15-14-25)30(28,29)20-16-23-17-24-20/h1-6,8-11,16-17,21H,7,12-15H2,(H,23,24). The van der Waals surface area contributed by atoms with E-state index in [9.17, 15) is 13.2 Å². The van der Waals surface area contributed by atoms with Crippen LogP contribution in [-0.4, -0.2) is 59.7 Å². The van der Waals surface area contributed by atoms with E-state index in [0.29, 0.717) is 26.1 Å². The summed E-state index contributed by atoms with van der Waals surface area (Å²) in [6.07, 6.45) is 3.24. The Bertz CT molecular complexity index is 1030. The molecule has 0 aliphatic carbocycles. The normalized spacial score (nSPS) is 15.8. The Morgan fingerprint density at radius 2 is 1.53 bits per heavy atom. The number of carbonyl (C=O) groups is 1. The molecule has 1 fully saturated rings. The number of hydrogen-bond donors (Lipinski definition) is 1. The lowest BCUT2D eigenvalue weighted by Crippen LogP contribution is -2.39. The summed E-state index contributed by atoms with van der Waals surface area (Å²) in [5, 5.41) is 0.0775. The lowest BCUT2D eigenvalue weighted by Gasteiger charge is -2.27. The third-order valence-corrected chi connectivity index (χ3v) is 7.19. The first-order chi connectivity index (χ1) is 14.6. The molecule has 0 bridgehead atoms. The van der Waals surface area contributed by atoms with Crippen molar-refractivity contribution in [2.24, 2.45) is 0 Å². The number of imidazole rings is 1. The van der Waals surface area contributed by atoms with E-state index in [-0.39, 0.29) is 17.5 Å². The molecule has 1 amide bonds. The van der Waals surface area contributed by atoms with E-state index >= 15 is 0 Å². The van der Waals surface area contributed by atoms with Crippen molar-refractivity contribution in [1.29, 1.82) is 0 Å². The van der Waals surface area contributed by atoms with Crippen LogP contribution in [0.15, 0.2) is 78.2 Å². The molecular weight excluding hydrogens is 400 g/mol. The summed E-state index contributed by atoms with van der Waals surface area (Å²) in [7, 11) is -3.64. The summed E-state index contributed by atoms with van der Waals surface area (Å²) < 4.78 is 27.0. The lowest BCUT2D eigenvalue weighted by atomic mass is 9.90. The largest absolute Gasteiger partial charge is 0.341 e. The van der Waals surface area contributed by atoms with Gasteiger partial charge in [0.15, 0.2) is 5.03 Å². The molecule has 1 saturated heterocycles. The Kier molecular flexibility index (Phi) is 5.96. The van der Waals surface area contributed by atoms with E-state index < -0.39 is 15.9 Å². The van der Waals surface area contributed by atoms with Crippen molar-refractivity contribution < 1.29 is 13.2 Å². The second-order valence-electron chi connectivity index (χ2n) is 7.25. The van der Waals surface area contributed by atoms with Crippen LogP contribution in [0.25, 0.3) is 0 Å². The number of carbonyl (C=O) groups excluding carboxylic acids is 1. The maximum absolute atomic E-state index is 13.6. The Morgan fingerprint density at radius 3 is 2.10 bits per heavy atom. The molecule has 1 N–H and O–H groups in total. The van der Waals surface area contributed by atoms with E-state index in [2.05, 4.69) is 9.97 Å². The van der Waals surface area contributed by atoms with Crippen molar-refractivity contribution in [3.63, 3.8) is 0 Å². The van der Waals surface area contributed by atoms with Gasteiger partial charge in [-0.2, -0.15) is 4.31 Å². The van der Waals surface area contributed by atoms with Crippen molar-refractivity contribution in [3.8, 4) is 0 Å². The van der Waals surface area contributed by atoms with E-state index in [4.69, 9.17) is 0 Å². The van der Waals surface area contributed by atoms with E-state index in [0.717, 1.165) is 11.1 Å². The fourth-order valence-corrected chi connectivity index (χ4v) is 5.19. The predicted molar refractivity (Wildman–Crippen MR) is 113 cm³/mol. The van der Waals surface area contributed by atoms with Gasteiger partial charge in [-0.3, -0.25) is 4.79 Å². The fraction of sp³-hybridized carbons (Fsp3) is 0.273. The molecule has 0 atom stereocenters. The van der Waals surface area contributed by atoms with Crippen LogP contribution in [0.2, 0.25) is 0 Å². The highest BCUT2D eigenvalue weighted by Crippen LogP contribution is 2.27. The topological polar surface area (TPSA) is 86.4 Å². The maximum atomic E-state index is 13.6. The average molecular weight is 425 g/mol. The Hall–Kier alpha value is -2.97. The smallest absolute Gasteiger partial charge is 0.260 e. The SMILES string of the molecule is O=C(C(c1ccccc1)c1ccccc1)N1CCCN(S(=O)(=O)c2cnc[nH]2)CC1. The maximum Gasteiger partial charge on any atom is 0.260 e. The van der Waals surface area contributed by atoms with Crippen LogP contribution in [0.1, 0.15) is 23.5 Å². The van der Waals surface area contributed by atoms with E-state index in [1.54, 1.807) is 4.90 Å². The number of nitrogens with zero attached hydrogens (tertiary/aromatic N) is 3. The van der Waals surface area contributed by atoms with Gasteiger partial charge in [0, 0.05) is 26.2 Å². The van der Waals surface area contributed by atoms with Crippen LogP contribution < -0.4 is 0 Å². The number of aromatic amines is 1. The Labute approximate surface area is 176 Å². The zero-order valence-corrected chi connectivity index (χ0v) is 17.3. The first-order valence-corrected chi connectivity index (χ1v) is 11.4. The van der Waals surface area contributed by atoms with Gasteiger partial charge >= 0.3 is 0 Å². The number of sulfonamides is 1. The zero-order valence-electron chi connectivity index (χ0n) is 16.5. The third-order valence-electron chi connectivity index (χ3n) is 5.37. The number of nitrogens with one attached hydrogen (secondary N) is 1. The summed E-state index contributed by atoms with van der Waals surface area (Å²) in [5.41, 5.74) is 1.86. The molecule has 30 heavy (non-hydrogen) atoms.